The number of imidazole rings is 1. The van der Waals surface area contributed by atoms with Crippen LogP contribution in [0.3, 0.4) is 0 Å². The van der Waals surface area contributed by atoms with Gasteiger partial charge in [-0.15, -0.1) is 0 Å². The number of hydrogen-bond donors (Lipinski definition) is 5. The monoisotopic (exact) mass is 402 g/mol. The number of hydrogen-bond acceptors (Lipinski definition) is 8. The van der Waals surface area contributed by atoms with Crippen molar-refractivity contribution in [1.82, 2.24) is 24.6 Å². The molecule has 2 rings (SSSR count). The molecule has 0 radical (unpaired) electrons. The minimum atomic E-state index is -3.83. The SMILES string of the molecule is CC(O)CC(O)C(C)NP(=O)(O)COC(C)Cn1cnc2c(N)ncnc21. The molecule has 2 aromatic heterocycles. The second-order valence-electron chi connectivity index (χ2n) is 6.71. The number of rotatable bonds is 10. The van der Waals surface area contributed by atoms with Crippen LogP contribution in [0, 0.1) is 0 Å². The molecule has 0 aliphatic rings. The number of aliphatic hydroxyl groups excluding tert-OH is 2. The molecule has 2 aromatic rings. The van der Waals surface area contributed by atoms with Crippen LogP contribution in [-0.4, -0.2) is 65.3 Å². The number of nitrogen functional groups attached to an aromatic ring is 1. The van der Waals surface area contributed by atoms with Crippen molar-refractivity contribution in [2.75, 3.05) is 12.1 Å². The molecule has 0 fully saturated rings. The molecule has 11 nitrogen and oxygen atoms in total. The molecule has 0 aliphatic carbocycles. The summed E-state index contributed by atoms with van der Waals surface area (Å²) >= 11 is 0. The largest absolute Gasteiger partial charge is 0.393 e. The highest BCUT2D eigenvalue weighted by molar-refractivity contribution is 7.55. The first kappa shape index (κ1) is 21.7. The van der Waals surface area contributed by atoms with Gasteiger partial charge in [-0.25, -0.2) is 20.0 Å². The maximum Gasteiger partial charge on any atom is 0.292 e. The van der Waals surface area contributed by atoms with Crippen molar-refractivity contribution in [3.05, 3.63) is 12.7 Å². The minimum Gasteiger partial charge on any atom is -0.393 e. The third-order valence-electron chi connectivity index (χ3n) is 3.98. The standard InChI is InChI=1S/C15H27N6O5P/c1-9(22)4-12(23)11(3)20-27(24,25)8-26-10(2)5-21-7-19-13-14(16)17-6-18-15(13)21/h6-7,9-12,22-23H,4-5,8H2,1-3H3,(H2,16,17,18)(H2,20,24,25). The predicted octanol–water partition coefficient (Wildman–Crippen LogP) is 0.0664. The minimum absolute atomic E-state index is 0.101. The molecule has 0 aromatic carbocycles. The zero-order chi connectivity index (χ0) is 20.2. The first-order valence-electron chi connectivity index (χ1n) is 8.57. The van der Waals surface area contributed by atoms with Gasteiger partial charge in [0.05, 0.1) is 31.2 Å². The summed E-state index contributed by atoms with van der Waals surface area (Å²) in [6, 6.07) is -0.674. The van der Waals surface area contributed by atoms with Gasteiger partial charge in [-0.05, 0) is 20.8 Å². The van der Waals surface area contributed by atoms with E-state index >= 15 is 0 Å². The molecule has 0 saturated carbocycles. The van der Waals surface area contributed by atoms with Crippen LogP contribution in [0.5, 0.6) is 0 Å². The Balaban J connectivity index is 1.89. The Kier molecular flexibility index (Phi) is 7.26. The smallest absolute Gasteiger partial charge is 0.292 e. The average molecular weight is 402 g/mol. The van der Waals surface area contributed by atoms with E-state index in [0.29, 0.717) is 17.7 Å². The van der Waals surface area contributed by atoms with Crippen LogP contribution in [0.15, 0.2) is 12.7 Å². The Morgan fingerprint density at radius 2 is 2.00 bits per heavy atom. The van der Waals surface area contributed by atoms with Gasteiger partial charge in [0.1, 0.15) is 18.2 Å². The van der Waals surface area contributed by atoms with Gasteiger partial charge in [0.25, 0.3) is 7.52 Å². The Labute approximate surface area is 157 Å². The summed E-state index contributed by atoms with van der Waals surface area (Å²) in [5, 5.41) is 21.7. The third kappa shape index (κ3) is 6.20. The molecular formula is C15H27N6O5P. The molecule has 6 N–H and O–H groups in total. The Morgan fingerprint density at radius 1 is 1.30 bits per heavy atom. The zero-order valence-electron chi connectivity index (χ0n) is 15.6. The van der Waals surface area contributed by atoms with Crippen molar-refractivity contribution >= 4 is 24.5 Å². The van der Waals surface area contributed by atoms with Gasteiger partial charge in [0.2, 0.25) is 0 Å². The molecule has 5 atom stereocenters. The average Bonchev–Trinajstić information content (AvgIpc) is 2.96. The maximum atomic E-state index is 12.3. The van der Waals surface area contributed by atoms with Gasteiger partial charge < -0.3 is 30.1 Å². The Hall–Kier alpha value is -1.62. The van der Waals surface area contributed by atoms with Crippen molar-refractivity contribution in [3.63, 3.8) is 0 Å². The topological polar surface area (TPSA) is 169 Å². The number of anilines is 1. The lowest BCUT2D eigenvalue weighted by Gasteiger charge is -2.25. The fraction of sp³-hybridized carbons (Fsp3) is 0.667. The number of nitrogens with zero attached hydrogens (tertiary/aromatic N) is 4. The van der Waals surface area contributed by atoms with Crippen LogP contribution >= 0.6 is 7.52 Å². The van der Waals surface area contributed by atoms with Gasteiger partial charge in [-0.2, -0.15) is 0 Å². The maximum absolute atomic E-state index is 12.3. The van der Waals surface area contributed by atoms with Crippen LogP contribution in [0.25, 0.3) is 11.2 Å². The first-order valence-corrected chi connectivity index (χ1v) is 10.4. The van der Waals surface area contributed by atoms with Gasteiger partial charge >= 0.3 is 0 Å². The van der Waals surface area contributed by atoms with Crippen LogP contribution < -0.4 is 10.8 Å². The predicted molar refractivity (Wildman–Crippen MR) is 99.9 cm³/mol. The summed E-state index contributed by atoms with van der Waals surface area (Å²) in [5.41, 5.74) is 6.78. The highest BCUT2D eigenvalue weighted by Gasteiger charge is 2.26. The summed E-state index contributed by atoms with van der Waals surface area (Å²) in [6.07, 6.45) is 0.507. The number of ether oxygens (including phenoxy) is 1. The van der Waals surface area contributed by atoms with Crippen LogP contribution in [0.1, 0.15) is 27.2 Å². The van der Waals surface area contributed by atoms with Gasteiger partial charge in [-0.3, -0.25) is 4.57 Å². The highest BCUT2D eigenvalue weighted by Crippen LogP contribution is 2.37. The van der Waals surface area contributed by atoms with E-state index in [1.807, 2.05) is 0 Å². The molecule has 0 aliphatic heterocycles. The molecule has 0 bridgehead atoms. The van der Waals surface area contributed by atoms with E-state index in [2.05, 4.69) is 20.0 Å². The van der Waals surface area contributed by atoms with Crippen molar-refractivity contribution in [2.24, 2.45) is 0 Å². The fourth-order valence-corrected chi connectivity index (χ4v) is 3.92. The lowest BCUT2D eigenvalue weighted by Crippen LogP contribution is -2.38. The lowest BCUT2D eigenvalue weighted by molar-refractivity contribution is 0.0680. The Bertz CT molecular complexity index is 800. The van der Waals surface area contributed by atoms with E-state index < -0.39 is 38.2 Å². The Morgan fingerprint density at radius 3 is 2.67 bits per heavy atom. The summed E-state index contributed by atoms with van der Waals surface area (Å²) in [6.45, 7) is 5.22. The molecule has 27 heavy (non-hydrogen) atoms. The lowest BCUT2D eigenvalue weighted by atomic mass is 10.1. The van der Waals surface area contributed by atoms with Crippen LogP contribution in [-0.2, 0) is 15.8 Å². The quantitative estimate of drug-likeness (QED) is 0.343. The third-order valence-corrected chi connectivity index (χ3v) is 5.29. The number of fused-ring (bicyclic) bond motifs is 1. The normalized spacial score (nSPS) is 18.7. The van der Waals surface area contributed by atoms with Crippen molar-refractivity contribution < 1.29 is 24.4 Å². The number of nitrogens with one attached hydrogen (secondary N) is 1. The van der Waals surface area contributed by atoms with Gasteiger partial charge in [0, 0.05) is 12.5 Å². The molecule has 12 heteroatoms. The van der Waals surface area contributed by atoms with Crippen LogP contribution in [0.2, 0.25) is 0 Å². The summed E-state index contributed by atoms with van der Waals surface area (Å²) in [5.74, 6) is 0.279. The van der Waals surface area contributed by atoms with E-state index in [0.717, 1.165) is 0 Å². The molecule has 2 heterocycles. The number of aromatic nitrogens is 4. The highest BCUT2D eigenvalue weighted by atomic mass is 31.2. The van der Waals surface area contributed by atoms with E-state index in [1.54, 1.807) is 24.7 Å². The van der Waals surface area contributed by atoms with Crippen LogP contribution in [0.4, 0.5) is 5.82 Å². The molecule has 0 spiro atoms. The second kappa shape index (κ2) is 9.05. The number of aliphatic hydroxyl groups is 2. The molecular weight excluding hydrogens is 375 g/mol. The molecule has 0 saturated heterocycles. The number of nitrogens with two attached hydrogens (primary N) is 1. The molecule has 0 amide bonds. The molecule has 152 valence electrons. The summed E-state index contributed by atoms with van der Waals surface area (Å²) in [7, 11) is -3.83. The van der Waals surface area contributed by atoms with Crippen molar-refractivity contribution in [2.45, 2.75) is 58.1 Å². The van der Waals surface area contributed by atoms with E-state index in [9.17, 15) is 19.7 Å². The van der Waals surface area contributed by atoms with Crippen molar-refractivity contribution in [3.8, 4) is 0 Å². The van der Waals surface area contributed by atoms with Crippen molar-refractivity contribution in [1.29, 1.82) is 0 Å². The second-order valence-corrected chi connectivity index (χ2v) is 8.63. The van der Waals surface area contributed by atoms with Gasteiger partial charge in [-0.1, -0.05) is 0 Å². The van der Waals surface area contributed by atoms with E-state index in [1.165, 1.54) is 13.3 Å². The van der Waals surface area contributed by atoms with Gasteiger partial charge in [0.15, 0.2) is 11.5 Å². The summed E-state index contributed by atoms with van der Waals surface area (Å²) in [4.78, 5) is 22.2. The first-order chi connectivity index (χ1) is 12.6. The fourth-order valence-electron chi connectivity index (χ4n) is 2.59. The van der Waals surface area contributed by atoms with E-state index in [4.69, 9.17) is 10.5 Å². The zero-order valence-corrected chi connectivity index (χ0v) is 16.5. The van der Waals surface area contributed by atoms with E-state index in [-0.39, 0.29) is 12.2 Å². The summed E-state index contributed by atoms with van der Waals surface area (Å²) < 4.78 is 19.5. The molecule has 5 unspecified atom stereocenters.